The maximum absolute atomic E-state index is 11.3. The SMILES string of the molecule is Cc1ccc(CC2C3CCCCC3(O)CCN2CC2CCC2)cc1. The number of hydrogen-bond acceptors (Lipinski definition) is 2. The lowest BCUT2D eigenvalue weighted by molar-refractivity contribution is -0.126. The van der Waals surface area contributed by atoms with Gasteiger partial charge in [0, 0.05) is 25.0 Å². The van der Waals surface area contributed by atoms with E-state index in [1.165, 1.54) is 56.2 Å². The van der Waals surface area contributed by atoms with Gasteiger partial charge in [-0.15, -0.1) is 0 Å². The lowest BCUT2D eigenvalue weighted by Crippen LogP contribution is -2.60. The van der Waals surface area contributed by atoms with E-state index in [9.17, 15) is 5.11 Å². The molecule has 1 aliphatic heterocycles. The van der Waals surface area contributed by atoms with Gasteiger partial charge in [0.15, 0.2) is 0 Å². The van der Waals surface area contributed by atoms with Crippen LogP contribution in [0.3, 0.4) is 0 Å². The second kappa shape index (κ2) is 6.80. The van der Waals surface area contributed by atoms with Gasteiger partial charge in [0.25, 0.3) is 0 Å². The van der Waals surface area contributed by atoms with Gasteiger partial charge in [0.2, 0.25) is 0 Å². The fourth-order valence-corrected chi connectivity index (χ4v) is 5.34. The first-order valence-electron chi connectivity index (χ1n) is 10.2. The van der Waals surface area contributed by atoms with Crippen LogP contribution in [0.5, 0.6) is 0 Å². The van der Waals surface area contributed by atoms with Crippen molar-refractivity contribution in [1.82, 2.24) is 4.90 Å². The highest BCUT2D eigenvalue weighted by molar-refractivity contribution is 5.23. The van der Waals surface area contributed by atoms with Crippen LogP contribution in [0.1, 0.15) is 62.5 Å². The molecule has 24 heavy (non-hydrogen) atoms. The molecule has 132 valence electrons. The molecule has 3 atom stereocenters. The van der Waals surface area contributed by atoms with Crippen molar-refractivity contribution in [2.24, 2.45) is 11.8 Å². The van der Waals surface area contributed by atoms with Crippen LogP contribution in [0.25, 0.3) is 0 Å². The van der Waals surface area contributed by atoms with E-state index >= 15 is 0 Å². The Labute approximate surface area is 147 Å². The molecule has 3 fully saturated rings. The Morgan fingerprint density at radius 1 is 1.04 bits per heavy atom. The normalized spacial score (nSPS) is 34.6. The fourth-order valence-electron chi connectivity index (χ4n) is 5.34. The Balaban J connectivity index is 1.55. The van der Waals surface area contributed by atoms with Gasteiger partial charge in [-0.05, 0) is 56.9 Å². The van der Waals surface area contributed by atoms with Gasteiger partial charge in [0.05, 0.1) is 5.60 Å². The lowest BCUT2D eigenvalue weighted by Gasteiger charge is -2.53. The van der Waals surface area contributed by atoms with E-state index < -0.39 is 0 Å². The molecule has 2 saturated carbocycles. The molecule has 1 aromatic carbocycles. The monoisotopic (exact) mass is 327 g/mol. The Morgan fingerprint density at radius 3 is 2.54 bits per heavy atom. The van der Waals surface area contributed by atoms with E-state index in [4.69, 9.17) is 0 Å². The van der Waals surface area contributed by atoms with E-state index in [2.05, 4.69) is 36.1 Å². The van der Waals surface area contributed by atoms with E-state index in [-0.39, 0.29) is 5.60 Å². The number of aliphatic hydroxyl groups is 1. The molecule has 3 unspecified atom stereocenters. The molecular weight excluding hydrogens is 294 g/mol. The number of aryl methyl sites for hydroxylation is 1. The maximum atomic E-state index is 11.3. The van der Waals surface area contributed by atoms with Crippen LogP contribution in [0, 0.1) is 18.8 Å². The summed E-state index contributed by atoms with van der Waals surface area (Å²) in [6, 6.07) is 9.61. The standard InChI is InChI=1S/C22H33NO/c1-17-8-10-18(11-9-17)15-21-20-7-2-3-12-22(20,24)13-14-23(21)16-19-5-4-6-19/h8-11,19-21,24H,2-7,12-16H2,1H3. The third-order valence-corrected chi connectivity index (χ3v) is 7.11. The average molecular weight is 328 g/mol. The van der Waals surface area contributed by atoms with E-state index in [1.807, 2.05) is 0 Å². The van der Waals surface area contributed by atoms with Crippen LogP contribution in [-0.2, 0) is 6.42 Å². The summed E-state index contributed by atoms with van der Waals surface area (Å²) in [5.74, 6) is 1.39. The van der Waals surface area contributed by atoms with Crippen molar-refractivity contribution < 1.29 is 5.11 Å². The van der Waals surface area contributed by atoms with Crippen LogP contribution in [0.15, 0.2) is 24.3 Å². The van der Waals surface area contributed by atoms with E-state index in [1.54, 1.807) is 0 Å². The molecule has 1 saturated heterocycles. The zero-order valence-corrected chi connectivity index (χ0v) is 15.2. The number of benzene rings is 1. The van der Waals surface area contributed by atoms with Gasteiger partial charge < -0.3 is 5.11 Å². The summed E-state index contributed by atoms with van der Waals surface area (Å²) >= 11 is 0. The molecule has 2 heteroatoms. The van der Waals surface area contributed by atoms with Crippen molar-refractivity contribution in [3.63, 3.8) is 0 Å². The number of fused-ring (bicyclic) bond motifs is 1. The second-order valence-corrected chi connectivity index (χ2v) is 8.75. The van der Waals surface area contributed by atoms with Crippen molar-refractivity contribution in [1.29, 1.82) is 0 Å². The van der Waals surface area contributed by atoms with Crippen LogP contribution < -0.4 is 0 Å². The minimum absolute atomic E-state index is 0.385. The van der Waals surface area contributed by atoms with Crippen LogP contribution in [-0.4, -0.2) is 34.7 Å². The molecule has 1 heterocycles. The molecule has 0 aromatic heterocycles. The first-order chi connectivity index (χ1) is 11.6. The second-order valence-electron chi connectivity index (χ2n) is 8.75. The van der Waals surface area contributed by atoms with Crippen molar-refractivity contribution in [2.75, 3.05) is 13.1 Å². The Kier molecular flexibility index (Phi) is 4.70. The summed E-state index contributed by atoms with van der Waals surface area (Å²) in [4.78, 5) is 2.76. The van der Waals surface area contributed by atoms with Crippen LogP contribution >= 0.6 is 0 Å². The molecule has 1 aromatic rings. The highest BCUT2D eigenvalue weighted by atomic mass is 16.3. The summed E-state index contributed by atoms with van der Waals surface area (Å²) < 4.78 is 0. The molecule has 0 amide bonds. The summed E-state index contributed by atoms with van der Waals surface area (Å²) in [6.45, 7) is 4.52. The third kappa shape index (κ3) is 3.28. The predicted molar refractivity (Wildman–Crippen MR) is 99.1 cm³/mol. The van der Waals surface area contributed by atoms with Crippen molar-refractivity contribution in [3.8, 4) is 0 Å². The van der Waals surface area contributed by atoms with Crippen molar-refractivity contribution in [3.05, 3.63) is 35.4 Å². The smallest absolute Gasteiger partial charge is 0.0703 e. The zero-order chi connectivity index (χ0) is 16.6. The van der Waals surface area contributed by atoms with Gasteiger partial charge in [-0.3, -0.25) is 4.90 Å². The first kappa shape index (κ1) is 16.6. The molecule has 2 aliphatic carbocycles. The number of hydrogen-bond donors (Lipinski definition) is 1. The molecule has 2 nitrogen and oxygen atoms in total. The molecule has 0 spiro atoms. The maximum Gasteiger partial charge on any atom is 0.0703 e. The topological polar surface area (TPSA) is 23.5 Å². The molecule has 3 aliphatic rings. The number of likely N-dealkylation sites (tertiary alicyclic amines) is 1. The minimum Gasteiger partial charge on any atom is -0.389 e. The number of rotatable bonds is 4. The molecule has 4 rings (SSSR count). The largest absolute Gasteiger partial charge is 0.389 e. The molecule has 1 N–H and O–H groups in total. The number of piperidine rings is 1. The van der Waals surface area contributed by atoms with E-state index in [0.29, 0.717) is 12.0 Å². The quantitative estimate of drug-likeness (QED) is 0.889. The predicted octanol–water partition coefficient (Wildman–Crippen LogP) is 4.33. The van der Waals surface area contributed by atoms with Gasteiger partial charge in [-0.25, -0.2) is 0 Å². The van der Waals surface area contributed by atoms with E-state index in [0.717, 1.165) is 31.7 Å². The summed E-state index contributed by atoms with van der Waals surface area (Å²) in [7, 11) is 0. The minimum atomic E-state index is -0.385. The van der Waals surface area contributed by atoms with Crippen molar-refractivity contribution >= 4 is 0 Å². The summed E-state index contributed by atoms with van der Waals surface area (Å²) in [6.07, 6.45) is 11.1. The molecule has 0 bridgehead atoms. The van der Waals surface area contributed by atoms with Crippen LogP contribution in [0.4, 0.5) is 0 Å². The average Bonchev–Trinajstić information content (AvgIpc) is 2.54. The highest BCUT2D eigenvalue weighted by Gasteiger charge is 2.48. The molecular formula is C22H33NO. The molecule has 0 radical (unpaired) electrons. The number of nitrogens with zero attached hydrogens (tertiary/aromatic N) is 1. The Bertz CT molecular complexity index is 550. The Hall–Kier alpha value is -0.860. The van der Waals surface area contributed by atoms with Gasteiger partial charge in [-0.2, -0.15) is 0 Å². The third-order valence-electron chi connectivity index (χ3n) is 7.11. The summed E-state index contributed by atoms with van der Waals surface area (Å²) in [5, 5.41) is 11.3. The van der Waals surface area contributed by atoms with Crippen molar-refractivity contribution in [2.45, 2.75) is 76.4 Å². The van der Waals surface area contributed by atoms with Gasteiger partial charge in [0.1, 0.15) is 0 Å². The van der Waals surface area contributed by atoms with Crippen LogP contribution in [0.2, 0.25) is 0 Å². The Morgan fingerprint density at radius 2 is 1.83 bits per heavy atom. The fraction of sp³-hybridized carbons (Fsp3) is 0.727. The summed E-state index contributed by atoms with van der Waals surface area (Å²) in [5.41, 5.74) is 2.39. The van der Waals surface area contributed by atoms with Gasteiger partial charge in [-0.1, -0.05) is 49.1 Å². The van der Waals surface area contributed by atoms with Gasteiger partial charge >= 0.3 is 0 Å². The zero-order valence-electron chi connectivity index (χ0n) is 15.2. The highest BCUT2D eigenvalue weighted by Crippen LogP contribution is 2.44. The first-order valence-corrected chi connectivity index (χ1v) is 10.2. The lowest BCUT2D eigenvalue weighted by atomic mass is 9.66.